The van der Waals surface area contributed by atoms with Gasteiger partial charge >= 0.3 is 0 Å². The fourth-order valence-corrected chi connectivity index (χ4v) is 2.66. The summed E-state index contributed by atoms with van der Waals surface area (Å²) in [5.41, 5.74) is 1.47. The molecular weight excluding hydrogens is 250 g/mol. The molecule has 1 heterocycles. The van der Waals surface area contributed by atoms with Crippen molar-refractivity contribution in [1.82, 2.24) is 4.90 Å². The van der Waals surface area contributed by atoms with E-state index < -0.39 is 0 Å². The van der Waals surface area contributed by atoms with Gasteiger partial charge in [-0.15, -0.1) is 0 Å². The van der Waals surface area contributed by atoms with Crippen LogP contribution in [0, 0.1) is 5.92 Å². The molecular formula is C13H18BrN. The fraction of sp³-hybridized carbons (Fsp3) is 0.538. The van der Waals surface area contributed by atoms with E-state index in [1.54, 1.807) is 0 Å². The molecule has 0 bridgehead atoms. The van der Waals surface area contributed by atoms with Crippen molar-refractivity contribution in [1.29, 1.82) is 0 Å². The molecule has 1 unspecified atom stereocenters. The Kier molecular flexibility index (Phi) is 3.81. The monoisotopic (exact) mass is 267 g/mol. The molecule has 2 rings (SSSR count). The molecule has 0 N–H and O–H groups in total. The predicted octanol–water partition coefficient (Wildman–Crippen LogP) is 3.33. The van der Waals surface area contributed by atoms with Crippen molar-refractivity contribution < 1.29 is 0 Å². The average molecular weight is 268 g/mol. The van der Waals surface area contributed by atoms with Gasteiger partial charge in [0.2, 0.25) is 0 Å². The molecule has 1 aromatic rings. The first-order chi connectivity index (χ1) is 7.24. The number of nitrogens with zero attached hydrogens (tertiary/aromatic N) is 1. The highest BCUT2D eigenvalue weighted by molar-refractivity contribution is 9.10. The lowest BCUT2D eigenvalue weighted by Gasteiger charge is -2.29. The molecule has 1 aromatic carbocycles. The summed E-state index contributed by atoms with van der Waals surface area (Å²) < 4.78 is 1.17. The van der Waals surface area contributed by atoms with Crippen LogP contribution in [0.15, 0.2) is 28.7 Å². The largest absolute Gasteiger partial charge is 0.306 e. The first-order valence-electron chi connectivity index (χ1n) is 5.67. The smallest absolute Gasteiger partial charge is 0.0175 e. The van der Waals surface area contributed by atoms with E-state index >= 15 is 0 Å². The third-order valence-electron chi connectivity index (χ3n) is 3.16. The van der Waals surface area contributed by atoms with Gasteiger partial charge in [-0.25, -0.2) is 0 Å². The number of piperidine rings is 1. The quantitative estimate of drug-likeness (QED) is 0.795. The lowest BCUT2D eigenvalue weighted by Crippen LogP contribution is -2.32. The third-order valence-corrected chi connectivity index (χ3v) is 3.69. The van der Waals surface area contributed by atoms with Gasteiger partial charge in [0, 0.05) is 11.0 Å². The molecule has 0 spiro atoms. The van der Waals surface area contributed by atoms with E-state index in [1.807, 2.05) is 0 Å². The summed E-state index contributed by atoms with van der Waals surface area (Å²) >= 11 is 3.47. The minimum atomic E-state index is 0.852. The van der Waals surface area contributed by atoms with E-state index in [1.165, 1.54) is 42.4 Å². The van der Waals surface area contributed by atoms with E-state index in [4.69, 9.17) is 0 Å². The Bertz CT molecular complexity index is 307. The molecule has 1 atom stereocenters. The van der Waals surface area contributed by atoms with Crippen LogP contribution < -0.4 is 0 Å². The first-order valence-corrected chi connectivity index (χ1v) is 6.46. The van der Waals surface area contributed by atoms with Crippen LogP contribution >= 0.6 is 15.9 Å². The number of hydrogen-bond donors (Lipinski definition) is 0. The highest BCUT2D eigenvalue weighted by atomic mass is 79.9. The standard InChI is InChI=1S/C13H18BrN/c1-15-8-2-3-12(10-15)9-11-4-6-13(14)7-5-11/h4-7,12H,2-3,8-10H2,1H3. The van der Waals surface area contributed by atoms with Crippen LogP contribution in [-0.4, -0.2) is 25.0 Å². The zero-order valence-electron chi connectivity index (χ0n) is 9.25. The van der Waals surface area contributed by atoms with Gasteiger partial charge in [-0.3, -0.25) is 0 Å². The summed E-state index contributed by atoms with van der Waals surface area (Å²) in [4.78, 5) is 2.45. The molecule has 0 aliphatic carbocycles. The molecule has 0 amide bonds. The predicted molar refractivity (Wildman–Crippen MR) is 68.1 cm³/mol. The third kappa shape index (κ3) is 3.32. The van der Waals surface area contributed by atoms with Gasteiger partial charge in [0.15, 0.2) is 0 Å². The van der Waals surface area contributed by atoms with E-state index in [9.17, 15) is 0 Å². The van der Waals surface area contributed by atoms with Crippen LogP contribution in [0.3, 0.4) is 0 Å². The number of rotatable bonds is 2. The van der Waals surface area contributed by atoms with Gasteiger partial charge in [0.25, 0.3) is 0 Å². The Morgan fingerprint density at radius 2 is 2.07 bits per heavy atom. The second-order valence-electron chi connectivity index (χ2n) is 4.60. The second kappa shape index (κ2) is 5.13. The van der Waals surface area contributed by atoms with E-state index in [0.717, 1.165) is 5.92 Å². The summed E-state index contributed by atoms with van der Waals surface area (Å²) in [7, 11) is 2.23. The van der Waals surface area contributed by atoms with Crippen LogP contribution in [-0.2, 0) is 6.42 Å². The number of halogens is 1. The zero-order valence-corrected chi connectivity index (χ0v) is 10.8. The highest BCUT2D eigenvalue weighted by Crippen LogP contribution is 2.20. The molecule has 1 nitrogen and oxygen atoms in total. The van der Waals surface area contributed by atoms with Crippen LogP contribution in [0.2, 0.25) is 0 Å². The maximum absolute atomic E-state index is 3.47. The molecule has 0 radical (unpaired) electrons. The Balaban J connectivity index is 1.93. The minimum absolute atomic E-state index is 0.852. The topological polar surface area (TPSA) is 3.24 Å². The summed E-state index contributed by atoms with van der Waals surface area (Å²) in [5.74, 6) is 0.852. The number of hydrogen-bond acceptors (Lipinski definition) is 1. The normalized spacial score (nSPS) is 22.9. The van der Waals surface area contributed by atoms with Crippen molar-refractivity contribution in [2.75, 3.05) is 20.1 Å². The van der Waals surface area contributed by atoms with Crippen LogP contribution in [0.25, 0.3) is 0 Å². The van der Waals surface area contributed by atoms with Crippen molar-refractivity contribution in [2.45, 2.75) is 19.3 Å². The zero-order chi connectivity index (χ0) is 10.7. The molecule has 0 saturated carbocycles. The second-order valence-corrected chi connectivity index (χ2v) is 5.52. The molecule has 82 valence electrons. The minimum Gasteiger partial charge on any atom is -0.306 e. The molecule has 1 fully saturated rings. The summed E-state index contributed by atoms with van der Waals surface area (Å²) in [6.07, 6.45) is 3.98. The van der Waals surface area contributed by atoms with Crippen molar-refractivity contribution in [2.24, 2.45) is 5.92 Å². The molecule has 1 saturated heterocycles. The van der Waals surface area contributed by atoms with Crippen molar-refractivity contribution >= 4 is 15.9 Å². The molecule has 15 heavy (non-hydrogen) atoms. The van der Waals surface area contributed by atoms with Gasteiger partial charge in [-0.05, 0) is 56.5 Å². The van der Waals surface area contributed by atoms with Crippen LogP contribution in [0.4, 0.5) is 0 Å². The SMILES string of the molecule is CN1CCCC(Cc2ccc(Br)cc2)C1. The molecule has 1 aliphatic rings. The number of likely N-dealkylation sites (tertiary alicyclic amines) is 1. The summed E-state index contributed by atoms with van der Waals surface area (Å²) in [5, 5.41) is 0. The lowest BCUT2D eigenvalue weighted by molar-refractivity contribution is 0.209. The first kappa shape index (κ1) is 11.2. The van der Waals surface area contributed by atoms with Crippen molar-refractivity contribution in [3.63, 3.8) is 0 Å². The van der Waals surface area contributed by atoms with E-state index in [-0.39, 0.29) is 0 Å². The molecule has 2 heteroatoms. The van der Waals surface area contributed by atoms with Gasteiger partial charge in [0.1, 0.15) is 0 Å². The maximum Gasteiger partial charge on any atom is 0.0175 e. The highest BCUT2D eigenvalue weighted by Gasteiger charge is 2.17. The van der Waals surface area contributed by atoms with Crippen molar-refractivity contribution in [3.8, 4) is 0 Å². The Hall–Kier alpha value is -0.340. The van der Waals surface area contributed by atoms with Gasteiger partial charge in [-0.2, -0.15) is 0 Å². The Labute approximate surface area is 101 Å². The lowest BCUT2D eigenvalue weighted by atomic mass is 9.92. The Morgan fingerprint density at radius 3 is 2.73 bits per heavy atom. The number of benzene rings is 1. The summed E-state index contributed by atoms with van der Waals surface area (Å²) in [6.45, 7) is 2.53. The van der Waals surface area contributed by atoms with E-state index in [0.29, 0.717) is 0 Å². The van der Waals surface area contributed by atoms with Crippen LogP contribution in [0.5, 0.6) is 0 Å². The van der Waals surface area contributed by atoms with Crippen LogP contribution in [0.1, 0.15) is 18.4 Å². The van der Waals surface area contributed by atoms with Gasteiger partial charge in [-0.1, -0.05) is 28.1 Å². The van der Waals surface area contributed by atoms with Gasteiger partial charge < -0.3 is 4.90 Å². The van der Waals surface area contributed by atoms with Gasteiger partial charge in [0.05, 0.1) is 0 Å². The molecule has 1 aliphatic heterocycles. The maximum atomic E-state index is 3.47. The average Bonchev–Trinajstić information content (AvgIpc) is 2.22. The fourth-order valence-electron chi connectivity index (χ4n) is 2.39. The van der Waals surface area contributed by atoms with E-state index in [2.05, 4.69) is 52.1 Å². The summed E-state index contributed by atoms with van der Waals surface area (Å²) in [6, 6.07) is 8.75. The Morgan fingerprint density at radius 1 is 1.33 bits per heavy atom. The van der Waals surface area contributed by atoms with Crippen molar-refractivity contribution in [3.05, 3.63) is 34.3 Å². The molecule has 0 aromatic heterocycles.